The number of aromatic nitrogens is 3. The molecule has 1 aromatic carbocycles. The predicted octanol–water partition coefficient (Wildman–Crippen LogP) is 3.62. The Hall–Kier alpha value is -3.24. The molecule has 29 heavy (non-hydrogen) atoms. The lowest BCUT2D eigenvalue weighted by Gasteiger charge is -2.10. The normalized spacial score (nSPS) is 12.6. The summed E-state index contributed by atoms with van der Waals surface area (Å²) in [7, 11) is -2.44. The fraction of sp³-hybridized carbons (Fsp3) is 0.182. The van der Waals surface area contributed by atoms with Crippen LogP contribution in [0.3, 0.4) is 0 Å². The number of nitrogens with one attached hydrogen (secondary N) is 1. The van der Waals surface area contributed by atoms with Crippen LogP contribution in [0.15, 0.2) is 42.9 Å². The molecular formula is C22H21FN4OS. The van der Waals surface area contributed by atoms with Crippen molar-refractivity contribution in [1.82, 2.24) is 15.0 Å². The summed E-state index contributed by atoms with van der Waals surface area (Å²) in [5.74, 6) is 9.38. The number of rotatable bonds is 4. The van der Waals surface area contributed by atoms with E-state index in [9.17, 15) is 8.60 Å². The number of benzene rings is 1. The molecule has 1 unspecified atom stereocenters. The summed E-state index contributed by atoms with van der Waals surface area (Å²) in [4.78, 5) is 12.9. The Bertz CT molecular complexity index is 1230. The first kappa shape index (κ1) is 20.5. The van der Waals surface area contributed by atoms with Crippen molar-refractivity contribution in [2.75, 3.05) is 11.0 Å². The molecule has 0 bridgehead atoms. The van der Waals surface area contributed by atoms with Gasteiger partial charge in [-0.2, -0.15) is 0 Å². The van der Waals surface area contributed by atoms with Crippen LogP contribution in [0.2, 0.25) is 0 Å². The summed E-state index contributed by atoms with van der Waals surface area (Å²) in [5.41, 5.74) is 4.06. The maximum atomic E-state index is 14.3. The van der Waals surface area contributed by atoms with Gasteiger partial charge in [-0.15, -0.1) is 0 Å². The van der Waals surface area contributed by atoms with E-state index >= 15 is 0 Å². The van der Waals surface area contributed by atoms with Gasteiger partial charge in [0.15, 0.2) is 0 Å². The van der Waals surface area contributed by atoms with Gasteiger partial charge in [-0.1, -0.05) is 30.9 Å². The Morgan fingerprint density at radius 2 is 1.97 bits per heavy atom. The van der Waals surface area contributed by atoms with Crippen molar-refractivity contribution in [3.8, 4) is 23.1 Å². The lowest BCUT2D eigenvalue weighted by atomic mass is 10.0. The molecule has 1 N–H and O–H groups in total. The third-order valence-corrected chi connectivity index (χ3v) is 4.79. The van der Waals surface area contributed by atoms with Crippen LogP contribution in [0.4, 0.5) is 10.1 Å². The van der Waals surface area contributed by atoms with E-state index in [0.29, 0.717) is 40.2 Å². The summed E-state index contributed by atoms with van der Waals surface area (Å²) in [6.07, 6.45) is 5.20. The predicted molar refractivity (Wildman–Crippen MR) is 117 cm³/mol. The monoisotopic (exact) mass is 408 g/mol. The van der Waals surface area contributed by atoms with Crippen molar-refractivity contribution in [2.45, 2.75) is 20.3 Å². The number of pyridine rings is 1. The zero-order valence-electron chi connectivity index (χ0n) is 16.5. The fourth-order valence-electron chi connectivity index (χ4n) is 2.75. The zero-order valence-corrected chi connectivity index (χ0v) is 17.3. The molecule has 0 saturated carbocycles. The average molecular weight is 409 g/mol. The van der Waals surface area contributed by atoms with E-state index in [1.807, 2.05) is 6.92 Å². The van der Waals surface area contributed by atoms with Crippen LogP contribution in [0.1, 0.15) is 29.4 Å². The van der Waals surface area contributed by atoms with Gasteiger partial charge in [0.1, 0.15) is 12.1 Å². The van der Waals surface area contributed by atoms with Gasteiger partial charge in [-0.05, 0) is 37.4 Å². The SMILES string of the molecule is C=S(C)(=O)Nc1cc(C#Cc2c(CC)ncnc2-c2ccccc2F)cnc1C. The molecule has 0 spiro atoms. The quantitative estimate of drug-likeness (QED) is 0.529. The molecule has 148 valence electrons. The summed E-state index contributed by atoms with van der Waals surface area (Å²) >= 11 is 0. The van der Waals surface area contributed by atoms with Gasteiger partial charge in [-0.3, -0.25) is 4.98 Å². The van der Waals surface area contributed by atoms with Crippen LogP contribution in [-0.4, -0.2) is 31.3 Å². The minimum atomic E-state index is -2.44. The van der Waals surface area contributed by atoms with Gasteiger partial charge in [0.2, 0.25) is 0 Å². The average Bonchev–Trinajstić information content (AvgIpc) is 2.67. The fourth-order valence-corrected chi connectivity index (χ4v) is 3.42. The third kappa shape index (κ3) is 4.98. The number of nitrogens with zero attached hydrogens (tertiary/aromatic N) is 3. The number of hydrogen-bond acceptors (Lipinski definition) is 4. The molecule has 0 radical (unpaired) electrons. The highest BCUT2D eigenvalue weighted by molar-refractivity contribution is 8.00. The first-order chi connectivity index (χ1) is 13.8. The molecule has 5 nitrogen and oxygen atoms in total. The highest BCUT2D eigenvalue weighted by Crippen LogP contribution is 2.25. The highest BCUT2D eigenvalue weighted by Gasteiger charge is 2.13. The second-order valence-electron chi connectivity index (χ2n) is 6.59. The summed E-state index contributed by atoms with van der Waals surface area (Å²) in [5, 5.41) is 0. The van der Waals surface area contributed by atoms with Crippen molar-refractivity contribution in [3.63, 3.8) is 0 Å². The van der Waals surface area contributed by atoms with Gasteiger partial charge < -0.3 is 4.72 Å². The second-order valence-corrected chi connectivity index (χ2v) is 8.81. The van der Waals surface area contributed by atoms with Gasteiger partial charge in [-0.25, -0.2) is 18.6 Å². The molecule has 2 heterocycles. The summed E-state index contributed by atoms with van der Waals surface area (Å²) in [6, 6.07) is 8.22. The molecule has 7 heteroatoms. The van der Waals surface area contributed by atoms with Crippen molar-refractivity contribution in [2.24, 2.45) is 0 Å². The maximum absolute atomic E-state index is 14.3. The van der Waals surface area contributed by atoms with Gasteiger partial charge in [0.05, 0.1) is 28.3 Å². The van der Waals surface area contributed by atoms with Crippen LogP contribution in [0.5, 0.6) is 0 Å². The van der Waals surface area contributed by atoms with E-state index in [1.165, 1.54) is 18.6 Å². The van der Waals surface area contributed by atoms with Crippen molar-refractivity contribution < 1.29 is 8.60 Å². The zero-order chi connectivity index (χ0) is 21.0. The van der Waals surface area contributed by atoms with Gasteiger partial charge >= 0.3 is 0 Å². The second kappa shape index (κ2) is 8.41. The Balaban J connectivity index is 2.10. The smallest absolute Gasteiger partial charge is 0.132 e. The summed E-state index contributed by atoms with van der Waals surface area (Å²) < 4.78 is 29.2. The van der Waals surface area contributed by atoms with Crippen LogP contribution in [-0.2, 0) is 16.1 Å². The lowest BCUT2D eigenvalue weighted by Crippen LogP contribution is -2.11. The van der Waals surface area contributed by atoms with Crippen LogP contribution in [0, 0.1) is 24.6 Å². The Morgan fingerprint density at radius 3 is 2.66 bits per heavy atom. The number of halogens is 1. The van der Waals surface area contributed by atoms with E-state index in [-0.39, 0.29) is 5.82 Å². The Labute approximate surface area is 170 Å². The molecular weight excluding hydrogens is 387 g/mol. The van der Waals surface area contributed by atoms with E-state index in [0.717, 1.165) is 5.69 Å². The van der Waals surface area contributed by atoms with Crippen molar-refractivity contribution in [1.29, 1.82) is 0 Å². The number of aryl methyl sites for hydroxylation is 2. The minimum absolute atomic E-state index is 0.368. The molecule has 0 aliphatic heterocycles. The van der Waals surface area contributed by atoms with E-state index in [1.54, 1.807) is 37.4 Å². The van der Waals surface area contributed by atoms with E-state index in [2.05, 4.69) is 37.4 Å². The minimum Gasteiger partial charge on any atom is -0.311 e. The standard InChI is InChI=1S/C22H21FN4OS/c1-5-20-18(22(26-14-25-20)17-8-6-7-9-19(17)23)11-10-16-12-21(15(2)24-13-16)27-29(3,4)28/h6-9,12-14H,3,5H2,1-2,4H3,(H,27,28). The highest BCUT2D eigenvalue weighted by atomic mass is 32.2. The first-order valence-electron chi connectivity index (χ1n) is 8.96. The lowest BCUT2D eigenvalue weighted by molar-refractivity contribution is 0.630. The molecule has 2 aromatic heterocycles. The maximum Gasteiger partial charge on any atom is 0.132 e. The van der Waals surface area contributed by atoms with Crippen LogP contribution in [0.25, 0.3) is 11.3 Å². The van der Waals surface area contributed by atoms with Crippen LogP contribution >= 0.6 is 0 Å². The van der Waals surface area contributed by atoms with Crippen molar-refractivity contribution in [3.05, 3.63) is 71.2 Å². The largest absolute Gasteiger partial charge is 0.311 e. The van der Waals surface area contributed by atoms with Gasteiger partial charge in [0, 0.05) is 33.3 Å². The molecule has 3 rings (SSSR count). The molecule has 0 fully saturated rings. The van der Waals surface area contributed by atoms with E-state index in [4.69, 9.17) is 0 Å². The number of hydrogen-bond donors (Lipinski definition) is 1. The molecule has 1 atom stereocenters. The van der Waals surface area contributed by atoms with Crippen LogP contribution < -0.4 is 4.72 Å². The first-order valence-corrected chi connectivity index (χ1v) is 11.1. The summed E-state index contributed by atoms with van der Waals surface area (Å²) in [6.45, 7) is 3.77. The molecule has 0 amide bonds. The van der Waals surface area contributed by atoms with Gasteiger partial charge in [0.25, 0.3) is 0 Å². The van der Waals surface area contributed by atoms with Crippen molar-refractivity contribution >= 4 is 21.3 Å². The molecule has 3 aromatic rings. The van der Waals surface area contributed by atoms with E-state index < -0.39 is 9.71 Å². The third-order valence-electron chi connectivity index (χ3n) is 4.13. The Morgan fingerprint density at radius 1 is 1.21 bits per heavy atom. The molecule has 0 saturated heterocycles. The number of anilines is 1. The topological polar surface area (TPSA) is 67.8 Å². The molecule has 0 aliphatic rings. The Kier molecular flexibility index (Phi) is 5.95. The molecule has 0 aliphatic carbocycles.